The third-order valence-corrected chi connectivity index (χ3v) is 2.42. The number of nitrogens with zero attached hydrogens (tertiary/aromatic N) is 1. The van der Waals surface area contributed by atoms with Crippen LogP contribution in [0.15, 0.2) is 10.6 Å². The highest BCUT2D eigenvalue weighted by atomic mass is 16.5. The van der Waals surface area contributed by atoms with Gasteiger partial charge < -0.3 is 4.52 Å². The second kappa shape index (κ2) is 4.94. The summed E-state index contributed by atoms with van der Waals surface area (Å²) in [6, 6.07) is 1.77. The normalized spacial score (nSPS) is 12.8. The molecular weight excluding hydrogens is 178 g/mol. The van der Waals surface area contributed by atoms with E-state index in [0.29, 0.717) is 11.6 Å². The molecule has 3 heteroatoms. The van der Waals surface area contributed by atoms with Crippen LogP contribution in [0.5, 0.6) is 0 Å². The van der Waals surface area contributed by atoms with Crippen LogP contribution in [0.4, 0.5) is 0 Å². The van der Waals surface area contributed by atoms with Gasteiger partial charge >= 0.3 is 0 Å². The van der Waals surface area contributed by atoms with Gasteiger partial charge in [0.25, 0.3) is 0 Å². The molecule has 0 saturated carbocycles. The number of aromatic nitrogens is 1. The molecule has 0 amide bonds. The molecule has 1 heterocycles. The lowest BCUT2D eigenvalue weighted by molar-refractivity contribution is 0.100. The second-order valence-electron chi connectivity index (χ2n) is 3.56. The number of hydrogen-bond acceptors (Lipinski definition) is 3. The molecule has 14 heavy (non-hydrogen) atoms. The Morgan fingerprint density at radius 2 is 2.29 bits per heavy atom. The van der Waals surface area contributed by atoms with E-state index in [-0.39, 0.29) is 5.78 Å². The van der Waals surface area contributed by atoms with E-state index in [1.165, 1.54) is 6.92 Å². The van der Waals surface area contributed by atoms with Gasteiger partial charge in [0, 0.05) is 18.9 Å². The highest BCUT2D eigenvalue weighted by Crippen LogP contribution is 2.25. The highest BCUT2D eigenvalue weighted by Gasteiger charge is 2.15. The summed E-state index contributed by atoms with van der Waals surface area (Å²) in [5.74, 6) is 1.21. The van der Waals surface area contributed by atoms with Crippen LogP contribution in [-0.4, -0.2) is 10.9 Å². The van der Waals surface area contributed by atoms with Crippen molar-refractivity contribution in [2.45, 2.75) is 46.0 Å². The minimum atomic E-state index is -0.0358. The Morgan fingerprint density at radius 1 is 1.57 bits per heavy atom. The van der Waals surface area contributed by atoms with Crippen molar-refractivity contribution >= 4 is 5.78 Å². The van der Waals surface area contributed by atoms with Gasteiger partial charge in [0.05, 0.1) is 0 Å². The minimum Gasteiger partial charge on any atom is -0.360 e. The zero-order valence-corrected chi connectivity index (χ0v) is 9.04. The molecule has 0 aliphatic heterocycles. The van der Waals surface area contributed by atoms with Gasteiger partial charge in [-0.3, -0.25) is 4.79 Å². The molecule has 1 rings (SSSR count). The van der Waals surface area contributed by atoms with Gasteiger partial charge in [-0.05, 0) is 12.8 Å². The average molecular weight is 195 g/mol. The van der Waals surface area contributed by atoms with Crippen molar-refractivity contribution in [2.75, 3.05) is 0 Å². The molecular formula is C11H17NO2. The molecule has 1 aromatic rings. The topological polar surface area (TPSA) is 43.1 Å². The molecule has 0 bridgehead atoms. The van der Waals surface area contributed by atoms with Crippen molar-refractivity contribution < 1.29 is 9.32 Å². The first kappa shape index (κ1) is 11.0. The molecule has 3 nitrogen and oxygen atoms in total. The van der Waals surface area contributed by atoms with E-state index in [1.807, 2.05) is 0 Å². The molecule has 0 spiro atoms. The Morgan fingerprint density at radius 3 is 2.71 bits per heavy atom. The lowest BCUT2D eigenvalue weighted by Gasteiger charge is -2.07. The molecule has 0 fully saturated rings. The Balaban J connectivity index is 2.78. The molecule has 0 saturated heterocycles. The van der Waals surface area contributed by atoms with Crippen molar-refractivity contribution in [1.29, 1.82) is 0 Å². The maximum absolute atomic E-state index is 11.0. The van der Waals surface area contributed by atoms with Crippen molar-refractivity contribution in [3.63, 3.8) is 0 Å². The smallest absolute Gasteiger partial charge is 0.181 e. The Labute approximate surface area is 84.5 Å². The van der Waals surface area contributed by atoms with E-state index in [4.69, 9.17) is 4.52 Å². The quantitative estimate of drug-likeness (QED) is 0.678. The summed E-state index contributed by atoms with van der Waals surface area (Å²) < 4.78 is 5.16. The van der Waals surface area contributed by atoms with Crippen molar-refractivity contribution in [2.24, 2.45) is 0 Å². The van der Waals surface area contributed by atoms with E-state index < -0.39 is 0 Å². The van der Waals surface area contributed by atoms with Crippen LogP contribution in [0, 0.1) is 0 Å². The summed E-state index contributed by atoms with van der Waals surface area (Å²) in [5.41, 5.74) is 0.439. The Hall–Kier alpha value is -1.12. The Kier molecular flexibility index (Phi) is 3.86. The molecule has 0 aliphatic rings. The van der Waals surface area contributed by atoms with Gasteiger partial charge in [-0.15, -0.1) is 0 Å². The zero-order valence-electron chi connectivity index (χ0n) is 9.04. The van der Waals surface area contributed by atoms with Gasteiger partial charge in [-0.1, -0.05) is 25.4 Å². The van der Waals surface area contributed by atoms with Gasteiger partial charge in [0.1, 0.15) is 11.5 Å². The number of hydrogen-bond donors (Lipinski definition) is 0. The predicted octanol–water partition coefficient (Wildman–Crippen LogP) is 3.17. The molecule has 0 radical (unpaired) electrons. The first-order chi connectivity index (χ1) is 6.69. The van der Waals surface area contributed by atoms with Crippen LogP contribution in [0.3, 0.4) is 0 Å². The SMILES string of the molecule is CCCC(CC)c1cc(C(C)=O)no1. The average Bonchev–Trinajstić information content (AvgIpc) is 2.63. The van der Waals surface area contributed by atoms with Crippen LogP contribution in [-0.2, 0) is 0 Å². The molecule has 0 aromatic carbocycles. The van der Waals surface area contributed by atoms with E-state index in [9.17, 15) is 4.79 Å². The number of rotatable bonds is 5. The molecule has 78 valence electrons. The molecule has 1 atom stereocenters. The van der Waals surface area contributed by atoms with E-state index in [0.717, 1.165) is 25.0 Å². The standard InChI is InChI=1S/C11H17NO2/c1-4-6-9(5-2)11-7-10(8(3)13)12-14-11/h7,9H,4-6H2,1-3H3. The molecule has 0 N–H and O–H groups in total. The first-order valence-corrected chi connectivity index (χ1v) is 5.16. The summed E-state index contributed by atoms with van der Waals surface area (Å²) in [6.07, 6.45) is 3.23. The van der Waals surface area contributed by atoms with E-state index >= 15 is 0 Å². The van der Waals surface area contributed by atoms with Crippen molar-refractivity contribution in [1.82, 2.24) is 5.16 Å². The summed E-state index contributed by atoms with van der Waals surface area (Å²) in [7, 11) is 0. The van der Waals surface area contributed by atoms with Gasteiger partial charge in [0.15, 0.2) is 5.78 Å². The zero-order chi connectivity index (χ0) is 10.6. The van der Waals surface area contributed by atoms with Gasteiger partial charge in [-0.2, -0.15) is 0 Å². The summed E-state index contributed by atoms with van der Waals surface area (Å²) >= 11 is 0. The summed E-state index contributed by atoms with van der Waals surface area (Å²) in [5, 5.41) is 3.74. The van der Waals surface area contributed by atoms with Gasteiger partial charge in [-0.25, -0.2) is 0 Å². The van der Waals surface area contributed by atoms with Crippen LogP contribution in [0.25, 0.3) is 0 Å². The van der Waals surface area contributed by atoms with E-state index in [1.54, 1.807) is 6.07 Å². The number of ketones is 1. The molecule has 1 unspecified atom stereocenters. The summed E-state index contributed by atoms with van der Waals surface area (Å²) in [6.45, 7) is 5.77. The second-order valence-corrected chi connectivity index (χ2v) is 3.56. The number of Topliss-reactive ketones (excluding diaryl/α,β-unsaturated/α-hetero) is 1. The maximum Gasteiger partial charge on any atom is 0.181 e. The highest BCUT2D eigenvalue weighted by molar-refractivity contribution is 5.91. The van der Waals surface area contributed by atoms with E-state index in [2.05, 4.69) is 19.0 Å². The fraction of sp³-hybridized carbons (Fsp3) is 0.636. The van der Waals surface area contributed by atoms with Gasteiger partial charge in [0.2, 0.25) is 0 Å². The van der Waals surface area contributed by atoms with Crippen LogP contribution in [0.1, 0.15) is 62.2 Å². The maximum atomic E-state index is 11.0. The molecule has 1 aromatic heterocycles. The van der Waals surface area contributed by atoms with Crippen molar-refractivity contribution in [3.05, 3.63) is 17.5 Å². The fourth-order valence-electron chi connectivity index (χ4n) is 1.54. The lowest BCUT2D eigenvalue weighted by Crippen LogP contribution is -1.95. The first-order valence-electron chi connectivity index (χ1n) is 5.16. The van der Waals surface area contributed by atoms with Crippen LogP contribution < -0.4 is 0 Å². The van der Waals surface area contributed by atoms with Crippen LogP contribution in [0.2, 0.25) is 0 Å². The third kappa shape index (κ3) is 2.44. The Bertz CT molecular complexity index is 304. The fourth-order valence-corrected chi connectivity index (χ4v) is 1.54. The minimum absolute atomic E-state index is 0.0358. The molecule has 0 aliphatic carbocycles. The monoisotopic (exact) mass is 195 g/mol. The summed E-state index contributed by atoms with van der Waals surface area (Å²) in [4.78, 5) is 11.0. The number of carbonyl (C=O) groups excluding carboxylic acids is 1. The van der Waals surface area contributed by atoms with Crippen molar-refractivity contribution in [3.8, 4) is 0 Å². The number of carbonyl (C=O) groups is 1. The third-order valence-electron chi connectivity index (χ3n) is 2.42. The van der Waals surface area contributed by atoms with Crippen LogP contribution >= 0.6 is 0 Å². The predicted molar refractivity (Wildman–Crippen MR) is 54.4 cm³/mol. The largest absolute Gasteiger partial charge is 0.360 e. The lowest BCUT2D eigenvalue weighted by atomic mass is 9.97.